The number of aliphatic carboxylic acids is 1. The summed E-state index contributed by atoms with van der Waals surface area (Å²) in [6, 6.07) is 24.8. The maximum absolute atomic E-state index is 12.9. The first kappa shape index (κ1) is 19.2. The van der Waals surface area contributed by atoms with Crippen LogP contribution in [0.4, 0.5) is 10.5 Å². The van der Waals surface area contributed by atoms with Gasteiger partial charge in [0.1, 0.15) is 6.61 Å². The number of fused-ring (bicyclic) bond motifs is 3. The Morgan fingerprint density at radius 3 is 2.06 bits per heavy atom. The molecule has 1 heterocycles. The van der Waals surface area contributed by atoms with Crippen molar-refractivity contribution in [1.29, 1.82) is 0 Å². The molecule has 3 aromatic carbocycles. The van der Waals surface area contributed by atoms with E-state index in [9.17, 15) is 14.7 Å². The van der Waals surface area contributed by atoms with E-state index in [0.29, 0.717) is 0 Å². The highest BCUT2D eigenvalue weighted by Crippen LogP contribution is 2.44. The van der Waals surface area contributed by atoms with Crippen molar-refractivity contribution in [3.8, 4) is 11.1 Å². The Bertz CT molecular complexity index is 1090. The molecule has 5 rings (SSSR count). The second-order valence-corrected chi connectivity index (χ2v) is 7.83. The topological polar surface area (TPSA) is 70.1 Å². The number of hydrogen-bond acceptors (Lipinski definition) is 4. The molecule has 1 amide bonds. The number of hydrogen-bond donors (Lipinski definition) is 1. The normalized spacial score (nSPS) is 17.4. The van der Waals surface area contributed by atoms with Crippen molar-refractivity contribution < 1.29 is 19.4 Å². The third-order valence-electron chi connectivity index (χ3n) is 6.07. The Morgan fingerprint density at radius 2 is 1.45 bits per heavy atom. The minimum atomic E-state index is -1.04. The van der Waals surface area contributed by atoms with Crippen molar-refractivity contribution >= 4 is 17.7 Å². The van der Waals surface area contributed by atoms with Crippen molar-refractivity contribution in [2.24, 2.45) is 0 Å². The lowest BCUT2D eigenvalue weighted by molar-refractivity contribution is -0.141. The van der Waals surface area contributed by atoms with E-state index in [1.807, 2.05) is 59.5 Å². The molecule has 1 N–H and O–H groups in total. The van der Waals surface area contributed by atoms with E-state index in [-0.39, 0.29) is 25.7 Å². The average Bonchev–Trinajstić information content (AvgIpc) is 3.39. The molecule has 3 aromatic rings. The van der Waals surface area contributed by atoms with Crippen molar-refractivity contribution in [3.05, 3.63) is 90.0 Å². The number of ether oxygens (including phenoxy) is 1. The van der Waals surface area contributed by atoms with Gasteiger partial charge in [0.2, 0.25) is 0 Å². The molecular formula is C25H22N2O4. The van der Waals surface area contributed by atoms with Gasteiger partial charge in [-0.15, -0.1) is 0 Å². The summed E-state index contributed by atoms with van der Waals surface area (Å²) in [4.78, 5) is 27.9. The lowest BCUT2D eigenvalue weighted by atomic mass is 9.98. The molecule has 0 bridgehead atoms. The number of para-hydroxylation sites is 1. The maximum atomic E-state index is 12.9. The molecule has 1 fully saturated rings. The van der Waals surface area contributed by atoms with Gasteiger partial charge in [0, 0.05) is 11.6 Å². The molecule has 1 aliphatic heterocycles. The van der Waals surface area contributed by atoms with Crippen LogP contribution in [-0.2, 0) is 9.53 Å². The molecule has 0 unspecified atom stereocenters. The van der Waals surface area contributed by atoms with Gasteiger partial charge in [-0.2, -0.15) is 0 Å². The van der Waals surface area contributed by atoms with E-state index in [1.54, 1.807) is 0 Å². The lowest BCUT2D eigenvalue weighted by Crippen LogP contribution is -2.42. The van der Waals surface area contributed by atoms with E-state index >= 15 is 0 Å². The maximum Gasteiger partial charge on any atom is 0.412 e. The van der Waals surface area contributed by atoms with Gasteiger partial charge in [-0.1, -0.05) is 66.7 Å². The van der Waals surface area contributed by atoms with E-state index in [1.165, 1.54) is 4.90 Å². The van der Waals surface area contributed by atoms with Gasteiger partial charge in [0.25, 0.3) is 0 Å². The highest BCUT2D eigenvalue weighted by molar-refractivity contribution is 5.83. The number of carbonyl (C=O) groups excluding carboxylic acids is 1. The Balaban J connectivity index is 1.34. The van der Waals surface area contributed by atoms with E-state index in [4.69, 9.17) is 4.74 Å². The standard InChI is InChI=1S/C25H22N2O4/c28-24(29)23-14-26(17-8-2-1-3-9-17)16-27(23)25(30)31-15-22-20-12-6-4-10-18(20)19-11-5-7-13-21(19)22/h1-13,22-23H,14-16H2,(H,28,29)/t23-/m0/s1. The number of carboxylic acids is 1. The summed E-state index contributed by atoms with van der Waals surface area (Å²) >= 11 is 0. The minimum absolute atomic E-state index is 0.0625. The average molecular weight is 414 g/mol. The van der Waals surface area contributed by atoms with Crippen molar-refractivity contribution in [3.63, 3.8) is 0 Å². The quantitative estimate of drug-likeness (QED) is 0.694. The van der Waals surface area contributed by atoms with Gasteiger partial charge in [-0.05, 0) is 34.4 Å². The van der Waals surface area contributed by atoms with Gasteiger partial charge >= 0.3 is 12.1 Å². The van der Waals surface area contributed by atoms with Crippen molar-refractivity contribution in [1.82, 2.24) is 4.90 Å². The number of nitrogens with zero attached hydrogens (tertiary/aromatic N) is 2. The fourth-order valence-electron chi connectivity index (χ4n) is 4.55. The molecule has 6 heteroatoms. The molecule has 0 spiro atoms. The first-order valence-electron chi connectivity index (χ1n) is 10.3. The molecule has 6 nitrogen and oxygen atoms in total. The van der Waals surface area contributed by atoms with E-state index in [0.717, 1.165) is 27.9 Å². The number of carbonyl (C=O) groups is 2. The van der Waals surface area contributed by atoms with Crippen LogP contribution in [0, 0.1) is 0 Å². The van der Waals surface area contributed by atoms with Gasteiger partial charge in [-0.25, -0.2) is 9.59 Å². The zero-order valence-corrected chi connectivity index (χ0v) is 16.8. The monoisotopic (exact) mass is 414 g/mol. The van der Waals surface area contributed by atoms with Gasteiger partial charge in [0.05, 0.1) is 13.2 Å². The number of benzene rings is 3. The second-order valence-electron chi connectivity index (χ2n) is 7.83. The number of rotatable bonds is 4. The fourth-order valence-corrected chi connectivity index (χ4v) is 4.55. The van der Waals surface area contributed by atoms with Crippen LogP contribution in [0.3, 0.4) is 0 Å². The third-order valence-corrected chi connectivity index (χ3v) is 6.07. The minimum Gasteiger partial charge on any atom is -0.480 e. The Morgan fingerprint density at radius 1 is 0.871 bits per heavy atom. The summed E-state index contributed by atoms with van der Waals surface area (Å²) < 4.78 is 5.69. The summed E-state index contributed by atoms with van der Waals surface area (Å²) in [6.45, 7) is 0.572. The number of carboxylic acid groups (broad SMARTS) is 1. The molecule has 156 valence electrons. The molecule has 2 aliphatic rings. The van der Waals surface area contributed by atoms with Crippen LogP contribution >= 0.6 is 0 Å². The molecule has 0 radical (unpaired) electrons. The highest BCUT2D eigenvalue weighted by atomic mass is 16.6. The summed E-state index contributed by atoms with van der Waals surface area (Å²) in [5.41, 5.74) is 5.43. The SMILES string of the molecule is O=C(O)[C@@H]1CN(c2ccccc2)CN1C(=O)OCC1c2ccccc2-c2ccccc21. The fraction of sp³-hybridized carbons (Fsp3) is 0.200. The molecule has 0 saturated carbocycles. The summed E-state index contributed by atoms with van der Waals surface area (Å²) in [5.74, 6) is -1.10. The van der Waals surface area contributed by atoms with Crippen molar-refractivity contribution in [2.75, 3.05) is 24.7 Å². The van der Waals surface area contributed by atoms with Crippen LogP contribution in [0.15, 0.2) is 78.9 Å². The zero-order valence-electron chi connectivity index (χ0n) is 16.8. The first-order valence-corrected chi connectivity index (χ1v) is 10.3. The van der Waals surface area contributed by atoms with Crippen LogP contribution in [0.5, 0.6) is 0 Å². The second kappa shape index (κ2) is 7.80. The molecule has 1 saturated heterocycles. The predicted molar refractivity (Wildman–Crippen MR) is 117 cm³/mol. The smallest absolute Gasteiger partial charge is 0.412 e. The number of anilines is 1. The zero-order chi connectivity index (χ0) is 21.4. The Hall–Kier alpha value is -3.80. The van der Waals surface area contributed by atoms with E-state index < -0.39 is 18.1 Å². The first-order chi connectivity index (χ1) is 15.1. The van der Waals surface area contributed by atoms with Crippen LogP contribution in [0.2, 0.25) is 0 Å². The molecule has 1 aliphatic carbocycles. The lowest BCUT2D eigenvalue weighted by Gasteiger charge is -2.22. The molecule has 1 atom stereocenters. The predicted octanol–water partition coefficient (Wildman–Crippen LogP) is 4.17. The Labute approximate surface area is 180 Å². The van der Waals surface area contributed by atoms with Gasteiger partial charge in [-0.3, -0.25) is 4.90 Å². The van der Waals surface area contributed by atoms with Crippen molar-refractivity contribution in [2.45, 2.75) is 12.0 Å². The van der Waals surface area contributed by atoms with Crippen LogP contribution in [-0.4, -0.2) is 47.9 Å². The van der Waals surface area contributed by atoms with E-state index in [2.05, 4.69) is 24.3 Å². The molecule has 31 heavy (non-hydrogen) atoms. The van der Waals surface area contributed by atoms with Crippen LogP contribution in [0.1, 0.15) is 17.0 Å². The third kappa shape index (κ3) is 3.40. The summed E-state index contributed by atoms with van der Waals surface area (Å²) in [6.07, 6.45) is -0.604. The largest absolute Gasteiger partial charge is 0.480 e. The molecular weight excluding hydrogens is 392 g/mol. The summed E-state index contributed by atoms with van der Waals surface area (Å²) in [7, 11) is 0. The highest BCUT2D eigenvalue weighted by Gasteiger charge is 2.40. The van der Waals surface area contributed by atoms with Crippen LogP contribution < -0.4 is 4.90 Å². The Kier molecular flexibility index (Phi) is 4.82. The number of amides is 1. The summed E-state index contributed by atoms with van der Waals surface area (Å²) in [5, 5.41) is 9.66. The van der Waals surface area contributed by atoms with Crippen LogP contribution in [0.25, 0.3) is 11.1 Å². The van der Waals surface area contributed by atoms with Gasteiger partial charge in [0.15, 0.2) is 6.04 Å². The van der Waals surface area contributed by atoms with Gasteiger partial charge < -0.3 is 14.7 Å². The molecule has 0 aromatic heterocycles.